The first-order valence-electron chi connectivity index (χ1n) is 7.62. The summed E-state index contributed by atoms with van der Waals surface area (Å²) in [5.74, 6) is -0.913. The van der Waals surface area contributed by atoms with Crippen molar-refractivity contribution in [2.24, 2.45) is 0 Å². The highest BCUT2D eigenvalue weighted by molar-refractivity contribution is 5.22. The molecule has 0 spiro atoms. The number of piperazine rings is 1. The molecule has 1 aromatic carbocycles. The van der Waals surface area contributed by atoms with E-state index in [9.17, 15) is 8.78 Å². The standard InChI is InChI=1S/C16H24F2N2/c1-2-3-4-5-16(20-10-8-19-9-11-20)14-7-6-13(17)12-15(14)18/h6-7,12,16,19H,2-5,8-11H2,1H3/t16-/m0/s1. The van der Waals surface area contributed by atoms with Crippen molar-refractivity contribution in [1.29, 1.82) is 0 Å². The average Bonchev–Trinajstić information content (AvgIpc) is 2.46. The van der Waals surface area contributed by atoms with Gasteiger partial charge in [0, 0.05) is 43.9 Å². The van der Waals surface area contributed by atoms with Crippen LogP contribution in [0.1, 0.15) is 44.2 Å². The average molecular weight is 282 g/mol. The number of halogens is 2. The predicted octanol–water partition coefficient (Wildman–Crippen LogP) is 3.49. The summed E-state index contributed by atoms with van der Waals surface area (Å²) in [4.78, 5) is 2.32. The van der Waals surface area contributed by atoms with Crippen LogP contribution in [0.4, 0.5) is 8.78 Å². The SMILES string of the molecule is CCCCC[C@@H](c1ccc(F)cc1F)N1CCNCC1. The Bertz CT molecular complexity index is 417. The summed E-state index contributed by atoms with van der Waals surface area (Å²) in [5, 5.41) is 3.32. The molecule has 0 aromatic heterocycles. The van der Waals surface area contributed by atoms with Gasteiger partial charge in [-0.1, -0.05) is 32.3 Å². The third-order valence-electron chi connectivity index (χ3n) is 3.99. The van der Waals surface area contributed by atoms with Gasteiger partial charge in [0.05, 0.1) is 0 Å². The Morgan fingerprint density at radius 1 is 1.20 bits per heavy atom. The Morgan fingerprint density at radius 2 is 1.95 bits per heavy atom. The number of hydrogen-bond acceptors (Lipinski definition) is 2. The molecule has 1 fully saturated rings. The number of nitrogens with one attached hydrogen (secondary N) is 1. The number of benzene rings is 1. The van der Waals surface area contributed by atoms with E-state index in [1.54, 1.807) is 6.07 Å². The maximum absolute atomic E-state index is 14.1. The topological polar surface area (TPSA) is 15.3 Å². The van der Waals surface area contributed by atoms with E-state index in [0.29, 0.717) is 5.56 Å². The first-order chi connectivity index (χ1) is 9.72. The molecule has 20 heavy (non-hydrogen) atoms. The zero-order valence-corrected chi connectivity index (χ0v) is 12.2. The van der Waals surface area contributed by atoms with Crippen molar-refractivity contribution in [3.63, 3.8) is 0 Å². The van der Waals surface area contributed by atoms with Gasteiger partial charge in [-0.05, 0) is 12.5 Å². The van der Waals surface area contributed by atoms with Crippen LogP contribution < -0.4 is 5.32 Å². The molecule has 0 aliphatic carbocycles. The second-order valence-electron chi connectivity index (χ2n) is 5.46. The van der Waals surface area contributed by atoms with E-state index < -0.39 is 11.6 Å². The molecule has 0 radical (unpaired) electrons. The summed E-state index contributed by atoms with van der Waals surface area (Å²) in [5.41, 5.74) is 0.643. The Hall–Kier alpha value is -1.00. The van der Waals surface area contributed by atoms with Crippen LogP contribution in [-0.2, 0) is 0 Å². The molecule has 112 valence electrons. The molecule has 2 rings (SSSR count). The predicted molar refractivity (Wildman–Crippen MR) is 77.7 cm³/mol. The largest absolute Gasteiger partial charge is 0.314 e. The zero-order chi connectivity index (χ0) is 14.4. The van der Waals surface area contributed by atoms with Crippen molar-refractivity contribution in [3.8, 4) is 0 Å². The van der Waals surface area contributed by atoms with E-state index in [4.69, 9.17) is 0 Å². The van der Waals surface area contributed by atoms with Crippen LogP contribution >= 0.6 is 0 Å². The van der Waals surface area contributed by atoms with Gasteiger partial charge >= 0.3 is 0 Å². The number of nitrogens with zero attached hydrogens (tertiary/aromatic N) is 1. The van der Waals surface area contributed by atoms with Crippen LogP contribution in [0.5, 0.6) is 0 Å². The quantitative estimate of drug-likeness (QED) is 0.803. The van der Waals surface area contributed by atoms with Gasteiger partial charge in [0.25, 0.3) is 0 Å². The number of hydrogen-bond donors (Lipinski definition) is 1. The van der Waals surface area contributed by atoms with Gasteiger partial charge in [0.15, 0.2) is 0 Å². The van der Waals surface area contributed by atoms with Crippen LogP contribution in [0.15, 0.2) is 18.2 Å². The Balaban J connectivity index is 2.15. The molecule has 1 heterocycles. The lowest BCUT2D eigenvalue weighted by Crippen LogP contribution is -2.45. The van der Waals surface area contributed by atoms with Crippen molar-refractivity contribution in [3.05, 3.63) is 35.4 Å². The van der Waals surface area contributed by atoms with Gasteiger partial charge < -0.3 is 5.32 Å². The lowest BCUT2D eigenvalue weighted by atomic mass is 9.97. The summed E-state index contributed by atoms with van der Waals surface area (Å²) < 4.78 is 27.2. The van der Waals surface area contributed by atoms with Crippen molar-refractivity contribution in [2.75, 3.05) is 26.2 Å². The fraction of sp³-hybridized carbons (Fsp3) is 0.625. The van der Waals surface area contributed by atoms with Crippen molar-refractivity contribution >= 4 is 0 Å². The molecule has 1 atom stereocenters. The van der Waals surface area contributed by atoms with E-state index in [0.717, 1.165) is 57.9 Å². The summed E-state index contributed by atoms with van der Waals surface area (Å²) in [6.45, 7) is 5.89. The van der Waals surface area contributed by atoms with Crippen molar-refractivity contribution < 1.29 is 8.78 Å². The van der Waals surface area contributed by atoms with Gasteiger partial charge in [-0.15, -0.1) is 0 Å². The summed E-state index contributed by atoms with van der Waals surface area (Å²) in [6, 6.07) is 4.06. The maximum Gasteiger partial charge on any atom is 0.130 e. The second-order valence-corrected chi connectivity index (χ2v) is 5.46. The highest BCUT2D eigenvalue weighted by Crippen LogP contribution is 2.29. The molecule has 1 aromatic rings. The van der Waals surface area contributed by atoms with E-state index in [1.807, 2.05) is 0 Å². The minimum absolute atomic E-state index is 0.0734. The fourth-order valence-corrected chi connectivity index (χ4v) is 2.89. The number of unbranched alkanes of at least 4 members (excludes halogenated alkanes) is 2. The van der Waals surface area contributed by atoms with Crippen molar-refractivity contribution in [1.82, 2.24) is 10.2 Å². The molecule has 0 unspecified atom stereocenters. The molecular weight excluding hydrogens is 258 g/mol. The summed E-state index contributed by atoms with van der Waals surface area (Å²) in [7, 11) is 0. The molecule has 1 N–H and O–H groups in total. The minimum atomic E-state index is -0.501. The number of rotatable bonds is 6. The lowest BCUT2D eigenvalue weighted by Gasteiger charge is -2.35. The minimum Gasteiger partial charge on any atom is -0.314 e. The normalized spacial score (nSPS) is 18.1. The molecule has 1 saturated heterocycles. The molecule has 0 bridgehead atoms. The van der Waals surface area contributed by atoms with Crippen LogP contribution in [0.3, 0.4) is 0 Å². The van der Waals surface area contributed by atoms with Gasteiger partial charge in [-0.3, -0.25) is 4.90 Å². The third-order valence-corrected chi connectivity index (χ3v) is 3.99. The summed E-state index contributed by atoms with van der Waals surface area (Å²) >= 11 is 0. The van der Waals surface area contributed by atoms with Gasteiger partial charge in [0.2, 0.25) is 0 Å². The van der Waals surface area contributed by atoms with Gasteiger partial charge in [-0.25, -0.2) is 8.78 Å². The van der Waals surface area contributed by atoms with Gasteiger partial charge in [0.1, 0.15) is 11.6 Å². The molecular formula is C16H24F2N2. The van der Waals surface area contributed by atoms with Crippen LogP contribution in [0, 0.1) is 11.6 Å². The second kappa shape index (κ2) is 7.70. The molecule has 0 saturated carbocycles. The molecule has 4 heteroatoms. The van der Waals surface area contributed by atoms with Gasteiger partial charge in [-0.2, -0.15) is 0 Å². The van der Waals surface area contributed by atoms with Crippen molar-refractivity contribution in [2.45, 2.75) is 38.6 Å². The first kappa shape index (κ1) is 15.4. The molecule has 2 nitrogen and oxygen atoms in total. The summed E-state index contributed by atoms with van der Waals surface area (Å²) in [6.07, 6.45) is 4.34. The Labute approximate surface area is 120 Å². The maximum atomic E-state index is 14.1. The van der Waals surface area contributed by atoms with Crippen LogP contribution in [0.2, 0.25) is 0 Å². The van der Waals surface area contributed by atoms with Crippen LogP contribution in [0.25, 0.3) is 0 Å². The smallest absolute Gasteiger partial charge is 0.130 e. The van der Waals surface area contributed by atoms with Crippen LogP contribution in [-0.4, -0.2) is 31.1 Å². The molecule has 1 aliphatic rings. The van der Waals surface area contributed by atoms with E-state index >= 15 is 0 Å². The molecule has 0 amide bonds. The highest BCUT2D eigenvalue weighted by atomic mass is 19.1. The zero-order valence-electron chi connectivity index (χ0n) is 12.2. The van der Waals surface area contributed by atoms with E-state index in [-0.39, 0.29) is 6.04 Å². The molecule has 1 aliphatic heterocycles. The van der Waals surface area contributed by atoms with E-state index in [2.05, 4.69) is 17.1 Å². The Kier molecular flexibility index (Phi) is 5.92. The highest BCUT2D eigenvalue weighted by Gasteiger charge is 2.24. The fourth-order valence-electron chi connectivity index (χ4n) is 2.89. The van der Waals surface area contributed by atoms with E-state index in [1.165, 1.54) is 6.07 Å². The Morgan fingerprint density at radius 3 is 2.60 bits per heavy atom. The lowest BCUT2D eigenvalue weighted by molar-refractivity contribution is 0.159. The monoisotopic (exact) mass is 282 g/mol. The third kappa shape index (κ3) is 4.00. The first-order valence-corrected chi connectivity index (χ1v) is 7.62.